The Balaban J connectivity index is 2.07. The van der Waals surface area contributed by atoms with Gasteiger partial charge >= 0.3 is 0 Å². The van der Waals surface area contributed by atoms with Crippen LogP contribution in [0.15, 0.2) is 61.2 Å². The van der Waals surface area contributed by atoms with Gasteiger partial charge in [-0.1, -0.05) is 48.0 Å². The molecular weight excluding hydrogens is 288 g/mol. The van der Waals surface area contributed by atoms with Crippen LogP contribution in [0.3, 0.4) is 0 Å². The van der Waals surface area contributed by atoms with Gasteiger partial charge < -0.3 is 10.6 Å². The van der Waals surface area contributed by atoms with E-state index in [9.17, 15) is 9.59 Å². The highest BCUT2D eigenvalue weighted by molar-refractivity contribution is 6.04. The van der Waals surface area contributed by atoms with E-state index in [0.717, 1.165) is 11.1 Å². The summed E-state index contributed by atoms with van der Waals surface area (Å²) in [7, 11) is 0. The number of carbonyl (C=O) groups is 2. The molecule has 0 atom stereocenters. The van der Waals surface area contributed by atoms with Crippen LogP contribution < -0.4 is 10.6 Å². The Bertz CT molecular complexity index is 706. The number of aryl methyl sites for hydroxylation is 1. The number of carbonyl (C=O) groups excluding carboxylic acids is 2. The number of para-hydroxylation sites is 1. The SMILES string of the molecule is C=CCNC(=O)c1ccccc1NC(=O)Cc1ccc(C)cc1. The fourth-order valence-corrected chi connectivity index (χ4v) is 2.14. The molecule has 0 bridgehead atoms. The summed E-state index contributed by atoms with van der Waals surface area (Å²) in [6.07, 6.45) is 1.87. The molecule has 2 N–H and O–H groups in total. The van der Waals surface area contributed by atoms with Gasteiger partial charge in [0.1, 0.15) is 0 Å². The quantitative estimate of drug-likeness (QED) is 0.806. The maximum Gasteiger partial charge on any atom is 0.253 e. The van der Waals surface area contributed by atoms with E-state index in [1.807, 2.05) is 31.2 Å². The predicted molar refractivity (Wildman–Crippen MR) is 92.5 cm³/mol. The van der Waals surface area contributed by atoms with E-state index in [2.05, 4.69) is 17.2 Å². The largest absolute Gasteiger partial charge is 0.349 e. The van der Waals surface area contributed by atoms with Gasteiger partial charge in [0.2, 0.25) is 5.91 Å². The number of nitrogens with one attached hydrogen (secondary N) is 2. The molecule has 0 aliphatic rings. The fraction of sp³-hybridized carbons (Fsp3) is 0.158. The Morgan fingerprint density at radius 1 is 1.09 bits per heavy atom. The molecule has 2 aromatic rings. The first-order chi connectivity index (χ1) is 11.1. The van der Waals surface area contributed by atoms with Crippen molar-refractivity contribution in [3.05, 3.63) is 77.9 Å². The fourth-order valence-electron chi connectivity index (χ4n) is 2.14. The summed E-state index contributed by atoms with van der Waals surface area (Å²) in [4.78, 5) is 24.3. The molecule has 0 radical (unpaired) electrons. The van der Waals surface area contributed by atoms with Crippen molar-refractivity contribution in [1.82, 2.24) is 5.32 Å². The highest BCUT2D eigenvalue weighted by atomic mass is 16.2. The molecule has 4 nitrogen and oxygen atoms in total. The van der Waals surface area contributed by atoms with Crippen molar-refractivity contribution >= 4 is 17.5 Å². The van der Waals surface area contributed by atoms with Gasteiger partial charge in [0.05, 0.1) is 17.7 Å². The molecule has 4 heteroatoms. The first-order valence-electron chi connectivity index (χ1n) is 7.43. The van der Waals surface area contributed by atoms with Crippen LogP contribution in [0.4, 0.5) is 5.69 Å². The lowest BCUT2D eigenvalue weighted by Gasteiger charge is -2.11. The lowest BCUT2D eigenvalue weighted by Crippen LogP contribution is -2.25. The molecule has 0 heterocycles. The van der Waals surface area contributed by atoms with Crippen molar-refractivity contribution in [2.75, 3.05) is 11.9 Å². The molecule has 0 unspecified atom stereocenters. The van der Waals surface area contributed by atoms with Crippen molar-refractivity contribution in [2.45, 2.75) is 13.3 Å². The van der Waals surface area contributed by atoms with Crippen LogP contribution in [-0.4, -0.2) is 18.4 Å². The molecule has 0 saturated carbocycles. The number of anilines is 1. The Hall–Kier alpha value is -2.88. The predicted octanol–water partition coefficient (Wildman–Crippen LogP) is 3.09. The second-order valence-electron chi connectivity index (χ2n) is 5.25. The highest BCUT2D eigenvalue weighted by Crippen LogP contribution is 2.15. The number of amides is 2. The van der Waals surface area contributed by atoms with Gasteiger partial charge in [-0.05, 0) is 24.6 Å². The second-order valence-corrected chi connectivity index (χ2v) is 5.25. The van der Waals surface area contributed by atoms with Crippen LogP contribution in [0.1, 0.15) is 21.5 Å². The summed E-state index contributed by atoms with van der Waals surface area (Å²) in [6, 6.07) is 14.7. The van der Waals surface area contributed by atoms with E-state index in [-0.39, 0.29) is 18.2 Å². The average molecular weight is 308 g/mol. The van der Waals surface area contributed by atoms with Crippen LogP contribution in [0.5, 0.6) is 0 Å². The Kier molecular flexibility index (Phi) is 5.69. The molecule has 0 aromatic heterocycles. The van der Waals surface area contributed by atoms with E-state index in [4.69, 9.17) is 0 Å². The van der Waals surface area contributed by atoms with Crippen LogP contribution >= 0.6 is 0 Å². The normalized spacial score (nSPS) is 9.96. The summed E-state index contributed by atoms with van der Waals surface area (Å²) < 4.78 is 0. The van der Waals surface area contributed by atoms with Crippen molar-refractivity contribution in [1.29, 1.82) is 0 Å². The van der Waals surface area contributed by atoms with Crippen molar-refractivity contribution in [2.24, 2.45) is 0 Å². The first-order valence-corrected chi connectivity index (χ1v) is 7.43. The Morgan fingerprint density at radius 2 is 1.78 bits per heavy atom. The smallest absolute Gasteiger partial charge is 0.253 e. The molecule has 2 aromatic carbocycles. The molecule has 2 amide bonds. The number of benzene rings is 2. The summed E-state index contributed by atoms with van der Waals surface area (Å²) in [5.74, 6) is -0.394. The summed E-state index contributed by atoms with van der Waals surface area (Å²) in [5.41, 5.74) is 3.03. The third-order valence-corrected chi connectivity index (χ3v) is 3.34. The molecule has 118 valence electrons. The molecule has 0 saturated heterocycles. The van der Waals surface area contributed by atoms with Gasteiger partial charge in [0.15, 0.2) is 0 Å². The van der Waals surface area contributed by atoms with E-state index in [1.54, 1.807) is 30.3 Å². The number of rotatable bonds is 6. The van der Waals surface area contributed by atoms with E-state index in [1.165, 1.54) is 0 Å². The Morgan fingerprint density at radius 3 is 2.48 bits per heavy atom. The van der Waals surface area contributed by atoms with E-state index >= 15 is 0 Å². The minimum absolute atomic E-state index is 0.155. The van der Waals surface area contributed by atoms with Crippen LogP contribution in [-0.2, 0) is 11.2 Å². The minimum atomic E-state index is -0.240. The monoisotopic (exact) mass is 308 g/mol. The van der Waals surface area contributed by atoms with E-state index in [0.29, 0.717) is 17.8 Å². The highest BCUT2D eigenvalue weighted by Gasteiger charge is 2.12. The summed E-state index contributed by atoms with van der Waals surface area (Å²) in [5, 5.41) is 5.52. The average Bonchev–Trinajstić information content (AvgIpc) is 2.55. The lowest BCUT2D eigenvalue weighted by atomic mass is 10.1. The molecule has 0 aliphatic heterocycles. The maximum atomic E-state index is 12.2. The van der Waals surface area contributed by atoms with Gasteiger partial charge in [-0.2, -0.15) is 0 Å². The maximum absolute atomic E-state index is 12.2. The van der Waals surface area contributed by atoms with Crippen LogP contribution in [0.2, 0.25) is 0 Å². The molecular formula is C19H20N2O2. The summed E-state index contributed by atoms with van der Waals surface area (Å²) in [6.45, 7) is 5.95. The van der Waals surface area contributed by atoms with Crippen LogP contribution in [0.25, 0.3) is 0 Å². The standard InChI is InChI=1S/C19H20N2O2/c1-3-12-20-19(23)16-6-4-5-7-17(16)21-18(22)13-15-10-8-14(2)9-11-15/h3-11H,1,12-13H2,2H3,(H,20,23)(H,21,22). The topological polar surface area (TPSA) is 58.2 Å². The number of hydrogen-bond donors (Lipinski definition) is 2. The number of hydrogen-bond acceptors (Lipinski definition) is 2. The van der Waals surface area contributed by atoms with Gasteiger partial charge in [-0.25, -0.2) is 0 Å². The third-order valence-electron chi connectivity index (χ3n) is 3.34. The van der Waals surface area contributed by atoms with Gasteiger partial charge in [-0.15, -0.1) is 6.58 Å². The summed E-state index contributed by atoms with van der Waals surface area (Å²) >= 11 is 0. The molecule has 0 fully saturated rings. The van der Waals surface area contributed by atoms with Gasteiger partial charge in [0, 0.05) is 6.54 Å². The zero-order valence-electron chi connectivity index (χ0n) is 13.1. The molecule has 0 spiro atoms. The minimum Gasteiger partial charge on any atom is -0.349 e. The molecule has 23 heavy (non-hydrogen) atoms. The van der Waals surface area contributed by atoms with Gasteiger partial charge in [-0.3, -0.25) is 9.59 Å². The van der Waals surface area contributed by atoms with Crippen molar-refractivity contribution in [3.63, 3.8) is 0 Å². The Labute approximate surface area is 136 Å². The molecule has 0 aliphatic carbocycles. The first kappa shape index (κ1) is 16.5. The zero-order chi connectivity index (χ0) is 16.7. The second kappa shape index (κ2) is 7.94. The van der Waals surface area contributed by atoms with E-state index < -0.39 is 0 Å². The van der Waals surface area contributed by atoms with Gasteiger partial charge in [0.25, 0.3) is 5.91 Å². The lowest BCUT2D eigenvalue weighted by molar-refractivity contribution is -0.115. The van der Waals surface area contributed by atoms with Crippen LogP contribution in [0, 0.1) is 6.92 Å². The zero-order valence-corrected chi connectivity index (χ0v) is 13.1. The third kappa shape index (κ3) is 4.81. The molecule has 2 rings (SSSR count). The van der Waals surface area contributed by atoms with Crippen molar-refractivity contribution < 1.29 is 9.59 Å². The van der Waals surface area contributed by atoms with Crippen molar-refractivity contribution in [3.8, 4) is 0 Å².